The second kappa shape index (κ2) is 11.5. The number of carbonyl (C=O) groups excluding carboxylic acids is 3. The molecule has 4 rings (SSSR count). The van der Waals surface area contributed by atoms with Crippen LogP contribution in [-0.4, -0.2) is 66.9 Å². The van der Waals surface area contributed by atoms with Gasteiger partial charge in [-0.3, -0.25) is 14.4 Å². The molecule has 1 saturated heterocycles. The first kappa shape index (κ1) is 24.3. The molecule has 8 nitrogen and oxygen atoms in total. The smallest absolute Gasteiger partial charge is 0.264 e. The van der Waals surface area contributed by atoms with Crippen molar-refractivity contribution < 1.29 is 19.1 Å². The fourth-order valence-corrected chi connectivity index (χ4v) is 4.52. The van der Waals surface area contributed by atoms with E-state index in [9.17, 15) is 14.4 Å². The summed E-state index contributed by atoms with van der Waals surface area (Å²) in [6, 6.07) is 17.9. The first-order valence-corrected chi connectivity index (χ1v) is 12.4. The van der Waals surface area contributed by atoms with Crippen molar-refractivity contribution >= 4 is 40.4 Å². The van der Waals surface area contributed by atoms with Gasteiger partial charge in [0.1, 0.15) is 5.75 Å². The number of rotatable bonds is 8. The Morgan fingerprint density at radius 2 is 1.63 bits per heavy atom. The molecule has 1 aliphatic rings. The Kier molecular flexibility index (Phi) is 7.99. The Labute approximate surface area is 208 Å². The number of anilines is 2. The number of ether oxygens (including phenoxy) is 1. The van der Waals surface area contributed by atoms with Gasteiger partial charge in [-0.05, 0) is 54.8 Å². The summed E-state index contributed by atoms with van der Waals surface area (Å²) in [6.07, 6.45) is 0. The van der Waals surface area contributed by atoms with E-state index < -0.39 is 0 Å². The summed E-state index contributed by atoms with van der Waals surface area (Å²) < 4.78 is 5.43. The Bertz CT molecular complexity index is 1160. The highest BCUT2D eigenvalue weighted by atomic mass is 32.1. The molecule has 2 N–H and O–H groups in total. The van der Waals surface area contributed by atoms with Crippen LogP contribution < -0.4 is 15.4 Å². The minimum absolute atomic E-state index is 0.0118. The average Bonchev–Trinajstić information content (AvgIpc) is 3.43. The second-order valence-electron chi connectivity index (χ2n) is 7.96. The number of carbonyl (C=O) groups is 3. The monoisotopic (exact) mass is 492 g/mol. The van der Waals surface area contributed by atoms with Crippen LogP contribution in [0.3, 0.4) is 0 Å². The van der Waals surface area contributed by atoms with E-state index in [-0.39, 0.29) is 24.3 Å². The highest BCUT2D eigenvalue weighted by molar-refractivity contribution is 7.12. The van der Waals surface area contributed by atoms with Crippen molar-refractivity contribution in [3.63, 3.8) is 0 Å². The zero-order valence-electron chi connectivity index (χ0n) is 19.5. The quantitative estimate of drug-likeness (QED) is 0.499. The lowest BCUT2D eigenvalue weighted by Crippen LogP contribution is -2.51. The molecule has 3 aromatic rings. The highest BCUT2D eigenvalue weighted by Gasteiger charge is 2.25. The molecule has 0 aliphatic carbocycles. The van der Waals surface area contributed by atoms with Crippen LogP contribution in [0.25, 0.3) is 0 Å². The lowest BCUT2D eigenvalue weighted by Gasteiger charge is -2.34. The summed E-state index contributed by atoms with van der Waals surface area (Å²) in [5.41, 5.74) is 1.68. The van der Waals surface area contributed by atoms with Crippen LogP contribution in [0.4, 0.5) is 11.4 Å². The van der Waals surface area contributed by atoms with Gasteiger partial charge in [0, 0.05) is 37.6 Å². The van der Waals surface area contributed by atoms with Gasteiger partial charge in [0.15, 0.2) is 0 Å². The van der Waals surface area contributed by atoms with Crippen molar-refractivity contribution in [3.05, 3.63) is 76.5 Å². The van der Waals surface area contributed by atoms with Crippen molar-refractivity contribution in [1.82, 2.24) is 9.80 Å². The van der Waals surface area contributed by atoms with Crippen LogP contribution in [-0.2, 0) is 4.79 Å². The number of para-hydroxylation sites is 1. The van der Waals surface area contributed by atoms with E-state index in [1.54, 1.807) is 52.3 Å². The minimum Gasteiger partial charge on any atom is -0.494 e. The number of piperazine rings is 1. The lowest BCUT2D eigenvalue weighted by molar-refractivity contribution is -0.130. The van der Waals surface area contributed by atoms with Gasteiger partial charge in [-0.25, -0.2) is 0 Å². The molecule has 3 amide bonds. The topological polar surface area (TPSA) is 91.0 Å². The van der Waals surface area contributed by atoms with Gasteiger partial charge < -0.3 is 25.2 Å². The van der Waals surface area contributed by atoms with Crippen LogP contribution in [0.1, 0.15) is 27.0 Å². The standard InChI is InChI=1S/C26H28N4O4S/c1-2-34-20-11-9-19(10-12-20)28-25(32)21-6-3-4-7-22(21)27-18-24(31)29-13-15-30(16-14-29)26(33)23-8-5-17-35-23/h3-12,17,27H,2,13-16,18H2,1H3,(H,28,32). The number of thiophene rings is 1. The molecule has 0 radical (unpaired) electrons. The summed E-state index contributed by atoms with van der Waals surface area (Å²) in [6.45, 7) is 4.53. The third-order valence-corrected chi connectivity index (χ3v) is 6.53. The summed E-state index contributed by atoms with van der Waals surface area (Å²) in [5, 5.41) is 7.87. The fourth-order valence-electron chi connectivity index (χ4n) is 3.83. The largest absolute Gasteiger partial charge is 0.494 e. The molecular formula is C26H28N4O4S. The molecule has 182 valence electrons. The van der Waals surface area contributed by atoms with E-state index in [2.05, 4.69) is 10.6 Å². The Morgan fingerprint density at radius 3 is 2.31 bits per heavy atom. The average molecular weight is 493 g/mol. The molecule has 0 spiro atoms. The van der Waals surface area contributed by atoms with Crippen LogP contribution >= 0.6 is 11.3 Å². The summed E-state index contributed by atoms with van der Waals surface area (Å²) in [7, 11) is 0. The van der Waals surface area contributed by atoms with Gasteiger partial charge >= 0.3 is 0 Å². The van der Waals surface area contributed by atoms with Gasteiger partial charge in [-0.1, -0.05) is 18.2 Å². The Morgan fingerprint density at radius 1 is 0.914 bits per heavy atom. The third kappa shape index (κ3) is 6.19. The van der Waals surface area contributed by atoms with E-state index in [0.717, 1.165) is 5.75 Å². The predicted molar refractivity (Wildman–Crippen MR) is 137 cm³/mol. The first-order chi connectivity index (χ1) is 17.0. The zero-order chi connectivity index (χ0) is 24.6. The SMILES string of the molecule is CCOc1ccc(NC(=O)c2ccccc2NCC(=O)N2CCN(C(=O)c3cccs3)CC2)cc1. The molecular weight excluding hydrogens is 464 g/mol. The number of nitrogens with zero attached hydrogens (tertiary/aromatic N) is 2. The predicted octanol–water partition coefficient (Wildman–Crippen LogP) is 3.80. The zero-order valence-corrected chi connectivity index (χ0v) is 20.3. The number of nitrogens with one attached hydrogen (secondary N) is 2. The number of benzene rings is 2. The van der Waals surface area contributed by atoms with Crippen molar-refractivity contribution in [1.29, 1.82) is 0 Å². The van der Waals surface area contributed by atoms with Crippen molar-refractivity contribution in [3.8, 4) is 5.75 Å². The molecule has 1 aromatic heterocycles. The maximum Gasteiger partial charge on any atom is 0.264 e. The molecule has 0 saturated carbocycles. The normalized spacial score (nSPS) is 13.3. The van der Waals surface area contributed by atoms with Gasteiger partial charge in [0.05, 0.1) is 23.6 Å². The second-order valence-corrected chi connectivity index (χ2v) is 8.91. The maximum atomic E-state index is 12.9. The summed E-state index contributed by atoms with van der Waals surface area (Å²) in [4.78, 5) is 42.4. The van der Waals surface area contributed by atoms with Gasteiger partial charge in [0.25, 0.3) is 11.8 Å². The van der Waals surface area contributed by atoms with Crippen molar-refractivity contribution in [2.24, 2.45) is 0 Å². The van der Waals surface area contributed by atoms with E-state index in [0.29, 0.717) is 54.6 Å². The van der Waals surface area contributed by atoms with Gasteiger partial charge in [-0.15, -0.1) is 11.3 Å². The Hall–Kier alpha value is -3.85. The van der Waals surface area contributed by atoms with Crippen LogP contribution in [0, 0.1) is 0 Å². The maximum absolute atomic E-state index is 12.9. The molecule has 2 heterocycles. The molecule has 0 bridgehead atoms. The molecule has 35 heavy (non-hydrogen) atoms. The molecule has 1 fully saturated rings. The minimum atomic E-state index is -0.273. The lowest BCUT2D eigenvalue weighted by atomic mass is 10.1. The molecule has 2 aromatic carbocycles. The molecule has 0 atom stereocenters. The van der Waals surface area contributed by atoms with E-state index >= 15 is 0 Å². The van der Waals surface area contributed by atoms with Crippen LogP contribution in [0.15, 0.2) is 66.0 Å². The van der Waals surface area contributed by atoms with Crippen molar-refractivity contribution in [2.75, 3.05) is 50.0 Å². The van der Waals surface area contributed by atoms with Gasteiger partial charge in [0.2, 0.25) is 5.91 Å². The van der Waals surface area contributed by atoms with E-state index in [4.69, 9.17) is 4.74 Å². The Balaban J connectivity index is 1.30. The van der Waals surface area contributed by atoms with Gasteiger partial charge in [-0.2, -0.15) is 0 Å². The third-order valence-electron chi connectivity index (χ3n) is 5.68. The molecule has 9 heteroatoms. The summed E-state index contributed by atoms with van der Waals surface area (Å²) >= 11 is 1.42. The first-order valence-electron chi connectivity index (χ1n) is 11.5. The van der Waals surface area contributed by atoms with E-state index in [1.165, 1.54) is 11.3 Å². The molecule has 1 aliphatic heterocycles. The highest BCUT2D eigenvalue weighted by Crippen LogP contribution is 2.20. The number of amides is 3. The van der Waals surface area contributed by atoms with Crippen molar-refractivity contribution in [2.45, 2.75) is 6.92 Å². The van der Waals surface area contributed by atoms with Crippen LogP contribution in [0.5, 0.6) is 5.75 Å². The molecule has 0 unspecified atom stereocenters. The number of hydrogen-bond donors (Lipinski definition) is 2. The number of hydrogen-bond acceptors (Lipinski definition) is 6. The van der Waals surface area contributed by atoms with Crippen LogP contribution in [0.2, 0.25) is 0 Å². The fraction of sp³-hybridized carbons (Fsp3) is 0.269. The van der Waals surface area contributed by atoms with E-state index in [1.807, 2.05) is 30.5 Å². The summed E-state index contributed by atoms with van der Waals surface area (Å²) in [5.74, 6) is 0.404.